The van der Waals surface area contributed by atoms with Crippen LogP contribution in [0.4, 0.5) is 0 Å². The Morgan fingerprint density at radius 1 is 0.792 bits per heavy atom. The van der Waals surface area contributed by atoms with Gasteiger partial charge in [0.05, 0.1) is 0 Å². The number of para-hydroxylation sites is 2. The molecule has 4 aromatic rings. The number of hydrogen-bond acceptors (Lipinski definition) is 0. The number of hydrogen-bond donors (Lipinski definition) is 0. The smallest absolute Gasteiger partial charge is 0.226 e. The molecule has 1 aromatic heterocycles. The van der Waals surface area contributed by atoms with E-state index in [1.165, 1.54) is 27.7 Å². The summed E-state index contributed by atoms with van der Waals surface area (Å²) in [6.45, 7) is 3.93. The minimum absolute atomic E-state index is 0.891. The van der Waals surface area contributed by atoms with Gasteiger partial charge in [-0.1, -0.05) is 72.3 Å². The zero-order valence-electron chi connectivity index (χ0n) is 13.9. The summed E-state index contributed by atoms with van der Waals surface area (Å²) in [6, 6.07) is 28.0. The molecule has 3 aromatic carbocycles. The van der Waals surface area contributed by atoms with Crippen LogP contribution in [0.25, 0.3) is 11.0 Å². The van der Waals surface area contributed by atoms with Crippen molar-refractivity contribution in [3.05, 3.63) is 102 Å². The molecule has 0 bridgehead atoms. The molecule has 0 saturated heterocycles. The minimum Gasteiger partial charge on any atom is -0.226 e. The standard InChI is InChI=1S/C22H21N2/c1-18-8-7-11-20(14-18)16-24-17-23(15-19-9-3-2-4-10-19)21-12-5-6-13-22(21)24/h2-14,17H,15-16H2,1H3/q+1. The van der Waals surface area contributed by atoms with Crippen molar-refractivity contribution in [1.82, 2.24) is 4.57 Å². The molecule has 0 N–H and O–H groups in total. The summed E-state index contributed by atoms with van der Waals surface area (Å²) >= 11 is 0. The molecule has 0 aliphatic rings. The number of imidazole rings is 1. The Morgan fingerprint density at radius 2 is 1.54 bits per heavy atom. The number of rotatable bonds is 4. The third kappa shape index (κ3) is 2.95. The molecule has 0 saturated carbocycles. The molecular weight excluding hydrogens is 292 g/mol. The first-order chi connectivity index (χ1) is 11.8. The third-order valence-electron chi connectivity index (χ3n) is 4.41. The van der Waals surface area contributed by atoms with Crippen molar-refractivity contribution in [2.75, 3.05) is 0 Å². The van der Waals surface area contributed by atoms with Gasteiger partial charge < -0.3 is 0 Å². The van der Waals surface area contributed by atoms with E-state index in [-0.39, 0.29) is 0 Å². The van der Waals surface area contributed by atoms with Crippen molar-refractivity contribution < 1.29 is 4.57 Å². The van der Waals surface area contributed by atoms with Crippen LogP contribution < -0.4 is 4.57 Å². The van der Waals surface area contributed by atoms with E-state index in [2.05, 4.69) is 101 Å². The van der Waals surface area contributed by atoms with Crippen molar-refractivity contribution in [2.24, 2.45) is 0 Å². The van der Waals surface area contributed by atoms with Gasteiger partial charge in [-0.3, -0.25) is 0 Å². The predicted molar refractivity (Wildman–Crippen MR) is 98.0 cm³/mol. The number of benzene rings is 3. The average molecular weight is 313 g/mol. The zero-order valence-corrected chi connectivity index (χ0v) is 13.9. The second-order valence-corrected chi connectivity index (χ2v) is 6.33. The highest BCUT2D eigenvalue weighted by Crippen LogP contribution is 2.14. The summed E-state index contributed by atoms with van der Waals surface area (Å²) in [5.74, 6) is 0. The second kappa shape index (κ2) is 6.32. The van der Waals surface area contributed by atoms with Crippen molar-refractivity contribution in [3.63, 3.8) is 0 Å². The van der Waals surface area contributed by atoms with Crippen LogP contribution in [0.1, 0.15) is 16.7 Å². The van der Waals surface area contributed by atoms with E-state index in [1.807, 2.05) is 0 Å². The maximum atomic E-state index is 2.34. The van der Waals surface area contributed by atoms with Crippen LogP contribution in [0.5, 0.6) is 0 Å². The molecule has 0 aliphatic carbocycles. The van der Waals surface area contributed by atoms with Gasteiger partial charge in [0, 0.05) is 0 Å². The van der Waals surface area contributed by atoms with E-state index in [1.54, 1.807) is 0 Å². The van der Waals surface area contributed by atoms with Gasteiger partial charge in [0.15, 0.2) is 11.0 Å². The first kappa shape index (κ1) is 14.7. The molecule has 0 fully saturated rings. The fourth-order valence-electron chi connectivity index (χ4n) is 3.28. The van der Waals surface area contributed by atoms with Crippen LogP contribution in [0.2, 0.25) is 0 Å². The molecule has 1 heterocycles. The quantitative estimate of drug-likeness (QED) is 0.496. The molecule has 24 heavy (non-hydrogen) atoms. The van der Waals surface area contributed by atoms with Crippen LogP contribution >= 0.6 is 0 Å². The highest BCUT2D eigenvalue weighted by atomic mass is 15.1. The van der Waals surface area contributed by atoms with E-state index in [4.69, 9.17) is 0 Å². The van der Waals surface area contributed by atoms with Crippen molar-refractivity contribution >= 4 is 11.0 Å². The predicted octanol–water partition coefficient (Wildman–Crippen LogP) is 4.33. The summed E-state index contributed by atoms with van der Waals surface area (Å²) in [7, 11) is 0. The molecular formula is C22H21N2+. The molecule has 4 rings (SSSR count). The Hall–Kier alpha value is -2.87. The SMILES string of the molecule is Cc1cccc(C[n+]2cn(Cc3ccccc3)c3ccccc32)c1. The molecule has 118 valence electrons. The lowest BCUT2D eigenvalue weighted by Gasteiger charge is -2.00. The molecule has 0 radical (unpaired) electrons. The zero-order chi connectivity index (χ0) is 16.4. The number of fused-ring (bicyclic) bond motifs is 1. The van der Waals surface area contributed by atoms with Crippen molar-refractivity contribution in [1.29, 1.82) is 0 Å². The minimum atomic E-state index is 0.891. The second-order valence-electron chi connectivity index (χ2n) is 6.33. The highest BCUT2D eigenvalue weighted by Gasteiger charge is 2.15. The highest BCUT2D eigenvalue weighted by molar-refractivity contribution is 5.71. The normalized spacial score (nSPS) is 11.0. The summed E-state index contributed by atoms with van der Waals surface area (Å²) in [5, 5.41) is 0. The lowest BCUT2D eigenvalue weighted by Crippen LogP contribution is -2.32. The van der Waals surface area contributed by atoms with Crippen molar-refractivity contribution in [2.45, 2.75) is 20.0 Å². The summed E-state index contributed by atoms with van der Waals surface area (Å²) in [5.41, 5.74) is 6.51. The van der Waals surface area contributed by atoms with Crippen LogP contribution in [0.3, 0.4) is 0 Å². The molecule has 0 spiro atoms. The molecule has 0 unspecified atom stereocenters. The Morgan fingerprint density at radius 3 is 2.38 bits per heavy atom. The van der Waals surface area contributed by atoms with Gasteiger partial charge in [-0.05, 0) is 30.2 Å². The van der Waals surface area contributed by atoms with E-state index in [0.717, 1.165) is 13.1 Å². The molecule has 0 atom stereocenters. The maximum absolute atomic E-state index is 2.34. The van der Waals surface area contributed by atoms with Gasteiger partial charge in [0.1, 0.15) is 13.1 Å². The van der Waals surface area contributed by atoms with E-state index in [0.29, 0.717) is 0 Å². The number of aryl methyl sites for hydroxylation is 1. The first-order valence-electron chi connectivity index (χ1n) is 8.36. The fraction of sp³-hybridized carbons (Fsp3) is 0.136. The Bertz CT molecular complexity index is 968. The van der Waals surface area contributed by atoms with E-state index < -0.39 is 0 Å². The van der Waals surface area contributed by atoms with Gasteiger partial charge in [0.2, 0.25) is 6.33 Å². The molecule has 2 heteroatoms. The monoisotopic (exact) mass is 313 g/mol. The Labute approximate surface area is 142 Å². The van der Waals surface area contributed by atoms with Gasteiger partial charge in [-0.2, -0.15) is 0 Å². The number of nitrogens with zero attached hydrogens (tertiary/aromatic N) is 2. The lowest BCUT2D eigenvalue weighted by molar-refractivity contribution is -0.663. The van der Waals surface area contributed by atoms with Crippen LogP contribution in [-0.4, -0.2) is 4.57 Å². The van der Waals surface area contributed by atoms with Gasteiger partial charge >= 0.3 is 0 Å². The maximum Gasteiger partial charge on any atom is 0.245 e. The Kier molecular flexibility index (Phi) is 3.87. The molecule has 0 aliphatic heterocycles. The average Bonchev–Trinajstić information content (AvgIpc) is 2.94. The van der Waals surface area contributed by atoms with Crippen molar-refractivity contribution in [3.8, 4) is 0 Å². The number of aromatic nitrogens is 2. The van der Waals surface area contributed by atoms with Crippen LogP contribution in [-0.2, 0) is 13.1 Å². The van der Waals surface area contributed by atoms with Crippen LogP contribution in [0, 0.1) is 6.92 Å². The van der Waals surface area contributed by atoms with Crippen LogP contribution in [0.15, 0.2) is 85.2 Å². The van der Waals surface area contributed by atoms with Gasteiger partial charge in [0.25, 0.3) is 0 Å². The first-order valence-corrected chi connectivity index (χ1v) is 8.36. The van der Waals surface area contributed by atoms with Gasteiger partial charge in [-0.25, -0.2) is 9.13 Å². The third-order valence-corrected chi connectivity index (χ3v) is 4.41. The Balaban J connectivity index is 1.74. The molecule has 0 amide bonds. The lowest BCUT2D eigenvalue weighted by atomic mass is 10.1. The fourth-order valence-corrected chi connectivity index (χ4v) is 3.28. The van der Waals surface area contributed by atoms with Gasteiger partial charge in [-0.15, -0.1) is 0 Å². The largest absolute Gasteiger partial charge is 0.245 e. The van der Waals surface area contributed by atoms with E-state index in [9.17, 15) is 0 Å². The summed E-state index contributed by atoms with van der Waals surface area (Å²) in [4.78, 5) is 0. The topological polar surface area (TPSA) is 8.81 Å². The summed E-state index contributed by atoms with van der Waals surface area (Å²) in [6.07, 6.45) is 2.24. The molecule has 2 nitrogen and oxygen atoms in total. The summed E-state index contributed by atoms with van der Waals surface area (Å²) < 4.78 is 4.67. The van der Waals surface area contributed by atoms with E-state index >= 15 is 0 Å².